The largest absolute Gasteiger partial charge is 0.328 e. The van der Waals surface area contributed by atoms with Crippen molar-refractivity contribution >= 4 is 5.65 Å². The number of hydrogen-bond acceptors (Lipinski definition) is 5. The number of nitrogens with zero attached hydrogens (tertiary/aromatic N) is 4. The van der Waals surface area contributed by atoms with Crippen LogP contribution in [0, 0.1) is 11.6 Å². The minimum atomic E-state index is -0.732. The lowest BCUT2D eigenvalue weighted by Gasteiger charge is -2.34. The molecular formula is C17H18F2N6. The molecule has 1 fully saturated rings. The predicted molar refractivity (Wildman–Crippen MR) is 88.4 cm³/mol. The lowest BCUT2D eigenvalue weighted by Crippen LogP contribution is -2.45. The van der Waals surface area contributed by atoms with Gasteiger partial charge >= 0.3 is 0 Å². The van der Waals surface area contributed by atoms with Crippen LogP contribution in [0.4, 0.5) is 8.78 Å². The van der Waals surface area contributed by atoms with Gasteiger partial charge in [0.25, 0.3) is 0 Å². The summed E-state index contributed by atoms with van der Waals surface area (Å²) < 4.78 is 29.4. The van der Waals surface area contributed by atoms with Gasteiger partial charge in [-0.1, -0.05) is 0 Å². The van der Waals surface area contributed by atoms with Crippen LogP contribution in [0.5, 0.6) is 0 Å². The Bertz CT molecular complexity index is 930. The van der Waals surface area contributed by atoms with Crippen molar-refractivity contribution in [3.05, 3.63) is 48.2 Å². The fourth-order valence-corrected chi connectivity index (χ4v) is 3.30. The van der Waals surface area contributed by atoms with Gasteiger partial charge in [0, 0.05) is 12.2 Å². The second-order valence-electron chi connectivity index (χ2n) is 6.60. The topological polar surface area (TPSA) is 95.1 Å². The van der Waals surface area contributed by atoms with Crippen LogP contribution in [0.1, 0.15) is 31.5 Å². The second kappa shape index (κ2) is 5.82. The van der Waals surface area contributed by atoms with E-state index in [9.17, 15) is 8.78 Å². The van der Waals surface area contributed by atoms with Crippen molar-refractivity contribution in [3.63, 3.8) is 0 Å². The quantitative estimate of drug-likeness (QED) is 0.742. The van der Waals surface area contributed by atoms with E-state index in [1.54, 1.807) is 0 Å². The average Bonchev–Trinajstić information content (AvgIpc) is 3.01. The van der Waals surface area contributed by atoms with Crippen molar-refractivity contribution in [1.82, 2.24) is 19.4 Å². The van der Waals surface area contributed by atoms with Crippen LogP contribution in [-0.4, -0.2) is 25.4 Å². The first kappa shape index (κ1) is 16.0. The average molecular weight is 344 g/mol. The first-order chi connectivity index (χ1) is 12.0. The maximum atomic E-state index is 14.4. The van der Waals surface area contributed by atoms with Crippen LogP contribution in [0.3, 0.4) is 0 Å². The van der Waals surface area contributed by atoms with Crippen LogP contribution in [0.25, 0.3) is 17.0 Å². The fraction of sp³-hybridized carbons (Fsp3) is 0.353. The summed E-state index contributed by atoms with van der Waals surface area (Å²) in [5.41, 5.74) is 12.6. The zero-order valence-electron chi connectivity index (χ0n) is 13.5. The highest BCUT2D eigenvalue weighted by Crippen LogP contribution is 2.33. The van der Waals surface area contributed by atoms with E-state index in [2.05, 4.69) is 15.0 Å². The van der Waals surface area contributed by atoms with Gasteiger partial charge in [-0.15, -0.1) is 0 Å². The minimum absolute atomic E-state index is 0.0581. The fourth-order valence-electron chi connectivity index (χ4n) is 3.30. The van der Waals surface area contributed by atoms with E-state index in [1.807, 2.05) is 0 Å². The molecule has 0 saturated heterocycles. The van der Waals surface area contributed by atoms with Gasteiger partial charge in [0.05, 0.1) is 23.6 Å². The molecule has 0 atom stereocenters. The van der Waals surface area contributed by atoms with Crippen molar-refractivity contribution in [2.45, 2.75) is 37.3 Å². The molecule has 1 aliphatic rings. The van der Waals surface area contributed by atoms with Crippen molar-refractivity contribution in [2.24, 2.45) is 11.5 Å². The summed E-state index contributed by atoms with van der Waals surface area (Å²) in [6.45, 7) is 0. The highest BCUT2D eigenvalue weighted by molar-refractivity contribution is 5.60. The molecule has 8 heteroatoms. The van der Waals surface area contributed by atoms with E-state index in [0.29, 0.717) is 30.0 Å². The van der Waals surface area contributed by atoms with Crippen LogP contribution < -0.4 is 11.5 Å². The Morgan fingerprint density at radius 3 is 2.64 bits per heavy atom. The van der Waals surface area contributed by atoms with Gasteiger partial charge in [-0.3, -0.25) is 4.40 Å². The third-order valence-electron chi connectivity index (χ3n) is 4.82. The molecular weight excluding hydrogens is 326 g/mol. The second-order valence-corrected chi connectivity index (χ2v) is 6.60. The third kappa shape index (κ3) is 2.77. The van der Waals surface area contributed by atoms with Crippen molar-refractivity contribution in [3.8, 4) is 11.4 Å². The Balaban J connectivity index is 1.81. The summed E-state index contributed by atoms with van der Waals surface area (Å²) in [5.74, 6) is -0.675. The molecule has 3 aromatic rings. The van der Waals surface area contributed by atoms with E-state index < -0.39 is 17.2 Å². The van der Waals surface area contributed by atoms with Gasteiger partial charge in [0.15, 0.2) is 5.82 Å². The van der Waals surface area contributed by atoms with E-state index >= 15 is 0 Å². The molecule has 3 aromatic heterocycles. The summed E-state index contributed by atoms with van der Waals surface area (Å²) in [6.07, 6.45) is 6.64. The van der Waals surface area contributed by atoms with Gasteiger partial charge in [0.2, 0.25) is 0 Å². The summed E-state index contributed by atoms with van der Waals surface area (Å²) in [7, 11) is 0. The number of pyridine rings is 1. The molecule has 4 rings (SSSR count). The number of rotatable bonds is 2. The molecule has 0 aliphatic heterocycles. The summed E-state index contributed by atoms with van der Waals surface area (Å²) >= 11 is 0. The van der Waals surface area contributed by atoms with Gasteiger partial charge in [0.1, 0.15) is 23.0 Å². The third-order valence-corrected chi connectivity index (χ3v) is 4.82. The molecule has 4 N–H and O–H groups in total. The minimum Gasteiger partial charge on any atom is -0.328 e. The standard InChI is InChI=1S/C17H18F2N6/c18-10-1-2-14-22-8-13(25(14)9-10)15-12(19)7-23-16(24-15)17(21)5-3-11(20)4-6-17/h1-2,7-9,11H,3-6,20-21H2. The van der Waals surface area contributed by atoms with E-state index in [-0.39, 0.29) is 11.7 Å². The summed E-state index contributed by atoms with van der Waals surface area (Å²) in [5, 5.41) is 0. The number of halogens is 2. The maximum Gasteiger partial charge on any atom is 0.169 e. The maximum absolute atomic E-state index is 14.4. The van der Waals surface area contributed by atoms with Crippen molar-refractivity contribution in [2.75, 3.05) is 0 Å². The highest BCUT2D eigenvalue weighted by Gasteiger charge is 2.35. The lowest BCUT2D eigenvalue weighted by molar-refractivity contribution is 0.264. The summed E-state index contributed by atoms with van der Waals surface area (Å²) in [4.78, 5) is 12.7. The molecule has 0 aromatic carbocycles. The van der Waals surface area contributed by atoms with E-state index in [0.717, 1.165) is 19.0 Å². The Labute approximate surface area is 142 Å². The Morgan fingerprint density at radius 2 is 1.88 bits per heavy atom. The molecule has 1 saturated carbocycles. The molecule has 25 heavy (non-hydrogen) atoms. The monoisotopic (exact) mass is 344 g/mol. The van der Waals surface area contributed by atoms with Crippen molar-refractivity contribution in [1.29, 1.82) is 0 Å². The molecule has 0 spiro atoms. The van der Waals surface area contributed by atoms with Crippen LogP contribution in [-0.2, 0) is 5.54 Å². The van der Waals surface area contributed by atoms with E-state index in [4.69, 9.17) is 11.5 Å². The molecule has 0 bridgehead atoms. The SMILES string of the molecule is NC1CCC(N)(c2ncc(F)c(-c3cnc4ccc(F)cn34)n2)CC1. The molecule has 130 valence electrons. The van der Waals surface area contributed by atoms with Gasteiger partial charge in [-0.2, -0.15) is 0 Å². The number of fused-ring (bicyclic) bond motifs is 1. The number of nitrogens with two attached hydrogens (primary N) is 2. The number of imidazole rings is 1. The molecule has 0 radical (unpaired) electrons. The van der Waals surface area contributed by atoms with Gasteiger partial charge in [-0.05, 0) is 37.8 Å². The predicted octanol–water partition coefficient (Wildman–Crippen LogP) is 2.12. The lowest BCUT2D eigenvalue weighted by atomic mass is 9.80. The molecule has 0 amide bonds. The van der Waals surface area contributed by atoms with E-state index in [1.165, 1.54) is 28.9 Å². The Kier molecular flexibility index (Phi) is 3.73. The molecule has 1 aliphatic carbocycles. The Morgan fingerprint density at radius 1 is 1.12 bits per heavy atom. The normalized spacial score (nSPS) is 23.9. The van der Waals surface area contributed by atoms with Gasteiger partial charge < -0.3 is 11.5 Å². The van der Waals surface area contributed by atoms with Crippen molar-refractivity contribution < 1.29 is 8.78 Å². The van der Waals surface area contributed by atoms with Crippen LogP contribution in [0.2, 0.25) is 0 Å². The Hall–Kier alpha value is -2.45. The highest BCUT2D eigenvalue weighted by atomic mass is 19.1. The smallest absolute Gasteiger partial charge is 0.169 e. The first-order valence-electron chi connectivity index (χ1n) is 8.17. The molecule has 0 unspecified atom stereocenters. The zero-order chi connectivity index (χ0) is 17.6. The van der Waals surface area contributed by atoms with Gasteiger partial charge in [-0.25, -0.2) is 23.7 Å². The van der Waals surface area contributed by atoms with Crippen LogP contribution >= 0.6 is 0 Å². The van der Waals surface area contributed by atoms with Crippen LogP contribution in [0.15, 0.2) is 30.7 Å². The number of hydrogen-bond donors (Lipinski definition) is 2. The first-order valence-corrected chi connectivity index (χ1v) is 8.17. The summed E-state index contributed by atoms with van der Waals surface area (Å²) in [6, 6.07) is 2.94. The number of aromatic nitrogens is 4. The zero-order valence-corrected chi connectivity index (χ0v) is 13.5. The molecule has 3 heterocycles. The molecule has 6 nitrogen and oxygen atoms in total.